The summed E-state index contributed by atoms with van der Waals surface area (Å²) in [6.07, 6.45) is 0.276. The standard InChI is InChI=1S/C13H15N3O3S/c1-8-6-11(16-19-8)15-13(18)9(2)14-12(17)7-10-4-3-5-20-10/h3-6,9H,7H2,1-2H3,(H,14,17)(H,15,16,18)/t9-/m1/s1. The van der Waals surface area contributed by atoms with Crippen molar-refractivity contribution in [2.75, 3.05) is 5.32 Å². The van der Waals surface area contributed by atoms with Crippen LogP contribution in [-0.4, -0.2) is 23.0 Å². The van der Waals surface area contributed by atoms with E-state index in [-0.39, 0.29) is 18.2 Å². The van der Waals surface area contributed by atoms with Crippen LogP contribution in [0.25, 0.3) is 0 Å². The van der Waals surface area contributed by atoms with Crippen molar-refractivity contribution in [3.05, 3.63) is 34.2 Å². The molecule has 6 nitrogen and oxygen atoms in total. The fraction of sp³-hybridized carbons (Fsp3) is 0.308. The minimum Gasteiger partial charge on any atom is -0.360 e. The number of carbonyl (C=O) groups excluding carboxylic acids is 2. The van der Waals surface area contributed by atoms with Crippen LogP contribution >= 0.6 is 11.3 Å². The maximum absolute atomic E-state index is 11.9. The molecule has 0 saturated carbocycles. The first-order valence-corrected chi connectivity index (χ1v) is 6.98. The molecule has 0 bridgehead atoms. The number of nitrogens with zero attached hydrogens (tertiary/aromatic N) is 1. The molecule has 0 radical (unpaired) electrons. The normalized spacial score (nSPS) is 11.9. The lowest BCUT2D eigenvalue weighted by atomic mass is 10.2. The van der Waals surface area contributed by atoms with E-state index in [1.165, 1.54) is 11.3 Å². The lowest BCUT2D eigenvalue weighted by Crippen LogP contribution is -2.42. The van der Waals surface area contributed by atoms with E-state index in [1.807, 2.05) is 17.5 Å². The first-order valence-electron chi connectivity index (χ1n) is 6.10. The third-order valence-corrected chi connectivity index (χ3v) is 3.44. The van der Waals surface area contributed by atoms with Crippen LogP contribution in [0.4, 0.5) is 5.82 Å². The van der Waals surface area contributed by atoms with Crippen LogP contribution in [0.3, 0.4) is 0 Å². The molecule has 0 aliphatic carbocycles. The maximum atomic E-state index is 11.9. The summed E-state index contributed by atoms with van der Waals surface area (Å²) < 4.78 is 4.85. The summed E-state index contributed by atoms with van der Waals surface area (Å²) in [6.45, 7) is 3.35. The van der Waals surface area contributed by atoms with Crippen LogP contribution in [0.1, 0.15) is 17.6 Å². The Hall–Kier alpha value is -2.15. The van der Waals surface area contributed by atoms with Gasteiger partial charge in [0.15, 0.2) is 5.82 Å². The highest BCUT2D eigenvalue weighted by Crippen LogP contribution is 2.09. The number of hydrogen-bond acceptors (Lipinski definition) is 5. The molecule has 0 spiro atoms. The minimum absolute atomic E-state index is 0.188. The third kappa shape index (κ3) is 3.92. The van der Waals surface area contributed by atoms with E-state index < -0.39 is 6.04 Å². The van der Waals surface area contributed by atoms with Crippen molar-refractivity contribution in [2.45, 2.75) is 26.3 Å². The summed E-state index contributed by atoms with van der Waals surface area (Å²) in [5, 5.41) is 10.8. The quantitative estimate of drug-likeness (QED) is 0.879. The summed E-state index contributed by atoms with van der Waals surface area (Å²) in [6, 6.07) is 4.74. The molecule has 20 heavy (non-hydrogen) atoms. The van der Waals surface area contributed by atoms with Crippen LogP contribution in [0.15, 0.2) is 28.1 Å². The summed E-state index contributed by atoms with van der Waals surface area (Å²) in [5.74, 6) is 0.422. The van der Waals surface area contributed by atoms with Gasteiger partial charge in [0.25, 0.3) is 0 Å². The van der Waals surface area contributed by atoms with Gasteiger partial charge in [-0.15, -0.1) is 11.3 Å². The number of nitrogens with one attached hydrogen (secondary N) is 2. The van der Waals surface area contributed by atoms with E-state index in [9.17, 15) is 9.59 Å². The van der Waals surface area contributed by atoms with Gasteiger partial charge in [0.1, 0.15) is 11.8 Å². The first kappa shape index (κ1) is 14.3. The Kier molecular flexibility index (Phi) is 4.52. The number of thiophene rings is 1. The lowest BCUT2D eigenvalue weighted by Gasteiger charge is -2.12. The van der Waals surface area contributed by atoms with Crippen molar-refractivity contribution in [3.63, 3.8) is 0 Å². The van der Waals surface area contributed by atoms with Crippen molar-refractivity contribution in [3.8, 4) is 0 Å². The predicted molar refractivity (Wildman–Crippen MR) is 75.5 cm³/mol. The van der Waals surface area contributed by atoms with E-state index in [0.29, 0.717) is 11.6 Å². The first-order chi connectivity index (χ1) is 9.54. The highest BCUT2D eigenvalue weighted by Gasteiger charge is 2.17. The number of aromatic nitrogens is 1. The average Bonchev–Trinajstić information content (AvgIpc) is 3.01. The van der Waals surface area contributed by atoms with Crippen LogP contribution in [0, 0.1) is 6.92 Å². The van der Waals surface area contributed by atoms with Crippen molar-refractivity contribution in [1.82, 2.24) is 10.5 Å². The molecule has 0 aliphatic heterocycles. The van der Waals surface area contributed by atoms with Gasteiger partial charge in [0, 0.05) is 10.9 Å². The monoisotopic (exact) mass is 293 g/mol. The smallest absolute Gasteiger partial charge is 0.247 e. The Morgan fingerprint density at radius 1 is 1.50 bits per heavy atom. The average molecular weight is 293 g/mol. The molecule has 0 aromatic carbocycles. The molecule has 2 rings (SSSR count). The fourth-order valence-electron chi connectivity index (χ4n) is 1.59. The molecule has 0 fully saturated rings. The number of anilines is 1. The molecule has 0 saturated heterocycles. The summed E-state index contributed by atoms with van der Waals surface area (Å²) >= 11 is 1.51. The van der Waals surface area contributed by atoms with E-state index in [4.69, 9.17) is 4.52 Å². The van der Waals surface area contributed by atoms with Crippen LogP contribution in [-0.2, 0) is 16.0 Å². The molecule has 1 atom stereocenters. The van der Waals surface area contributed by atoms with E-state index in [1.54, 1.807) is 19.9 Å². The fourth-order valence-corrected chi connectivity index (χ4v) is 2.29. The summed E-state index contributed by atoms with van der Waals surface area (Å²) in [5.41, 5.74) is 0. The topological polar surface area (TPSA) is 84.2 Å². The highest BCUT2D eigenvalue weighted by atomic mass is 32.1. The van der Waals surface area contributed by atoms with Crippen molar-refractivity contribution in [1.29, 1.82) is 0 Å². The van der Waals surface area contributed by atoms with E-state index >= 15 is 0 Å². The molecule has 2 heterocycles. The number of carbonyl (C=O) groups is 2. The van der Waals surface area contributed by atoms with Crippen LogP contribution in [0.5, 0.6) is 0 Å². The lowest BCUT2D eigenvalue weighted by molar-refractivity contribution is -0.125. The van der Waals surface area contributed by atoms with Crippen molar-refractivity contribution >= 4 is 29.0 Å². The molecule has 2 aromatic heterocycles. The molecule has 7 heteroatoms. The van der Waals surface area contributed by atoms with Gasteiger partial charge < -0.3 is 15.2 Å². The van der Waals surface area contributed by atoms with Crippen LogP contribution in [0.2, 0.25) is 0 Å². The molecule has 2 N–H and O–H groups in total. The minimum atomic E-state index is -0.639. The van der Waals surface area contributed by atoms with Gasteiger partial charge in [-0.25, -0.2) is 0 Å². The van der Waals surface area contributed by atoms with Gasteiger partial charge in [-0.3, -0.25) is 9.59 Å². The molecule has 0 unspecified atom stereocenters. The van der Waals surface area contributed by atoms with Gasteiger partial charge >= 0.3 is 0 Å². The Labute approximate surface area is 120 Å². The maximum Gasteiger partial charge on any atom is 0.247 e. The Balaban J connectivity index is 1.83. The third-order valence-electron chi connectivity index (χ3n) is 2.56. The van der Waals surface area contributed by atoms with E-state index in [0.717, 1.165) is 4.88 Å². The van der Waals surface area contributed by atoms with E-state index in [2.05, 4.69) is 15.8 Å². The van der Waals surface area contributed by atoms with Gasteiger partial charge in [-0.1, -0.05) is 11.2 Å². The number of aryl methyl sites for hydroxylation is 1. The van der Waals surface area contributed by atoms with Gasteiger partial charge in [-0.05, 0) is 25.3 Å². The second-order valence-corrected chi connectivity index (χ2v) is 5.39. The number of amides is 2. The van der Waals surface area contributed by atoms with Gasteiger partial charge in [0.2, 0.25) is 11.8 Å². The van der Waals surface area contributed by atoms with Gasteiger partial charge in [-0.2, -0.15) is 0 Å². The zero-order valence-electron chi connectivity index (χ0n) is 11.2. The molecular formula is C13H15N3O3S. The second-order valence-electron chi connectivity index (χ2n) is 4.36. The Bertz CT molecular complexity index is 592. The molecular weight excluding hydrogens is 278 g/mol. The summed E-state index contributed by atoms with van der Waals surface area (Å²) in [7, 11) is 0. The zero-order chi connectivity index (χ0) is 14.5. The predicted octanol–water partition coefficient (Wildman–Crippen LogP) is 1.73. The molecule has 0 aliphatic rings. The van der Waals surface area contributed by atoms with Crippen LogP contribution < -0.4 is 10.6 Å². The molecule has 2 aromatic rings. The Morgan fingerprint density at radius 3 is 2.90 bits per heavy atom. The van der Waals surface area contributed by atoms with Gasteiger partial charge in [0.05, 0.1) is 6.42 Å². The zero-order valence-corrected chi connectivity index (χ0v) is 12.0. The summed E-state index contributed by atoms with van der Waals surface area (Å²) in [4.78, 5) is 24.6. The van der Waals surface area contributed by atoms with Crippen molar-refractivity contribution in [2.24, 2.45) is 0 Å². The molecule has 2 amide bonds. The largest absolute Gasteiger partial charge is 0.360 e. The number of hydrogen-bond donors (Lipinski definition) is 2. The SMILES string of the molecule is Cc1cc(NC(=O)[C@@H](C)NC(=O)Cc2cccs2)no1. The van der Waals surface area contributed by atoms with Crippen molar-refractivity contribution < 1.29 is 14.1 Å². The Morgan fingerprint density at radius 2 is 2.30 bits per heavy atom. The second kappa shape index (κ2) is 6.33. The highest BCUT2D eigenvalue weighted by molar-refractivity contribution is 7.10. The molecule has 106 valence electrons. The number of rotatable bonds is 5.